The molecule has 11 heteroatoms. The van der Waals surface area contributed by atoms with Crippen LogP contribution in [-0.2, 0) is 26.2 Å². The van der Waals surface area contributed by atoms with Crippen molar-refractivity contribution >= 4 is 27.5 Å². The lowest BCUT2D eigenvalue weighted by atomic mass is 10.1. The number of methoxy groups -OCH3 is 1. The van der Waals surface area contributed by atoms with E-state index in [9.17, 15) is 18.0 Å². The molecule has 166 valence electrons. The number of aryl methyl sites for hydroxylation is 1. The van der Waals surface area contributed by atoms with Crippen molar-refractivity contribution in [2.24, 2.45) is 0 Å². The van der Waals surface area contributed by atoms with Crippen LogP contribution >= 0.6 is 0 Å². The smallest absolute Gasteiger partial charge is 0.242 e. The van der Waals surface area contributed by atoms with Crippen LogP contribution in [-0.4, -0.2) is 37.5 Å². The number of carbonyl (C=O) groups excluding carboxylic acids is 2. The van der Waals surface area contributed by atoms with E-state index in [0.29, 0.717) is 5.82 Å². The molecule has 3 aromatic rings. The molecule has 1 saturated heterocycles. The van der Waals surface area contributed by atoms with Crippen LogP contribution in [0, 0.1) is 6.92 Å². The number of rotatable bonds is 7. The number of benzene rings is 2. The Labute approximate surface area is 184 Å². The summed E-state index contributed by atoms with van der Waals surface area (Å²) in [6.07, 6.45) is 0.134. The van der Waals surface area contributed by atoms with Crippen molar-refractivity contribution in [3.63, 3.8) is 0 Å². The predicted molar refractivity (Wildman–Crippen MR) is 113 cm³/mol. The Morgan fingerprint density at radius 2 is 1.88 bits per heavy atom. The fourth-order valence-electron chi connectivity index (χ4n) is 3.33. The maximum atomic E-state index is 12.8. The van der Waals surface area contributed by atoms with Gasteiger partial charge in [0.15, 0.2) is 0 Å². The van der Waals surface area contributed by atoms with Crippen LogP contribution in [0.4, 0.5) is 5.69 Å². The summed E-state index contributed by atoms with van der Waals surface area (Å²) in [7, 11) is -2.64. The number of ether oxygens (including phenoxy) is 1. The van der Waals surface area contributed by atoms with E-state index in [-0.39, 0.29) is 41.6 Å². The second-order valence-corrected chi connectivity index (χ2v) is 8.93. The van der Waals surface area contributed by atoms with Crippen LogP contribution < -0.4 is 14.4 Å². The van der Waals surface area contributed by atoms with Gasteiger partial charge in [-0.2, -0.15) is 4.98 Å². The number of sulfonamides is 1. The topological polar surface area (TPSA) is 132 Å². The number of nitrogens with zero attached hydrogens (tertiary/aromatic N) is 3. The molecule has 1 fully saturated rings. The second-order valence-electron chi connectivity index (χ2n) is 7.16. The molecule has 1 N–H and O–H groups in total. The first-order valence-corrected chi connectivity index (χ1v) is 11.2. The fourth-order valence-corrected chi connectivity index (χ4v) is 4.32. The molecular weight excluding hydrogens is 436 g/mol. The third-order valence-electron chi connectivity index (χ3n) is 4.91. The Morgan fingerprint density at radius 3 is 2.56 bits per heavy atom. The number of carbonyl (C=O) groups is 2. The Balaban J connectivity index is 1.55. The monoisotopic (exact) mass is 456 g/mol. The first-order chi connectivity index (χ1) is 15.3. The third kappa shape index (κ3) is 4.25. The van der Waals surface area contributed by atoms with E-state index in [1.165, 1.54) is 25.3 Å². The molecule has 10 nitrogen and oxygen atoms in total. The molecule has 0 saturated carbocycles. The standard InChI is InChI=1S/C21H20N4O6S/c1-13-4-3-5-14(10-13)21-23-18(31-24-21)12-22-32(28,29)15-6-7-17(30-2)16(11-15)25-19(26)8-9-20(25)27/h3-7,10-11,22H,8-9,12H2,1-2H3. The van der Waals surface area contributed by atoms with Gasteiger partial charge in [0.05, 0.1) is 24.2 Å². The molecule has 2 amide bonds. The number of hydrogen-bond acceptors (Lipinski definition) is 8. The molecule has 0 radical (unpaired) electrons. The van der Waals surface area contributed by atoms with Crippen molar-refractivity contribution < 1.29 is 27.3 Å². The third-order valence-corrected chi connectivity index (χ3v) is 6.31. The van der Waals surface area contributed by atoms with Gasteiger partial charge in [-0.15, -0.1) is 0 Å². The lowest BCUT2D eigenvalue weighted by Crippen LogP contribution is -2.29. The summed E-state index contributed by atoms with van der Waals surface area (Å²) in [6.45, 7) is 1.70. The first kappa shape index (κ1) is 21.7. The Kier molecular flexibility index (Phi) is 5.76. The van der Waals surface area contributed by atoms with Gasteiger partial charge in [0.25, 0.3) is 0 Å². The van der Waals surface area contributed by atoms with Crippen LogP contribution in [0.5, 0.6) is 5.75 Å². The van der Waals surface area contributed by atoms with Crippen molar-refractivity contribution in [2.45, 2.75) is 31.2 Å². The van der Waals surface area contributed by atoms with Crippen molar-refractivity contribution in [3.8, 4) is 17.1 Å². The zero-order valence-corrected chi connectivity index (χ0v) is 18.2. The highest BCUT2D eigenvalue weighted by molar-refractivity contribution is 7.89. The minimum absolute atomic E-state index is 0.0671. The SMILES string of the molecule is COc1ccc(S(=O)(=O)NCc2nc(-c3cccc(C)c3)no2)cc1N1C(=O)CCC1=O. The van der Waals surface area contributed by atoms with Crippen molar-refractivity contribution in [1.29, 1.82) is 0 Å². The van der Waals surface area contributed by atoms with E-state index in [1.807, 2.05) is 31.2 Å². The summed E-state index contributed by atoms with van der Waals surface area (Å²) < 4.78 is 38.4. The maximum absolute atomic E-state index is 12.8. The minimum Gasteiger partial charge on any atom is -0.495 e. The van der Waals surface area contributed by atoms with Crippen molar-refractivity contribution in [1.82, 2.24) is 14.9 Å². The zero-order chi connectivity index (χ0) is 22.9. The van der Waals surface area contributed by atoms with Gasteiger partial charge in [0.1, 0.15) is 5.75 Å². The molecular formula is C21H20N4O6S. The largest absolute Gasteiger partial charge is 0.495 e. The van der Waals surface area contributed by atoms with Gasteiger partial charge in [-0.1, -0.05) is 28.9 Å². The molecule has 0 unspecified atom stereocenters. The minimum atomic E-state index is -4.02. The molecule has 0 atom stereocenters. The van der Waals surface area contributed by atoms with Crippen LogP contribution in [0.3, 0.4) is 0 Å². The van der Waals surface area contributed by atoms with Gasteiger partial charge in [-0.05, 0) is 31.2 Å². The number of hydrogen-bond donors (Lipinski definition) is 1. The summed E-state index contributed by atoms with van der Waals surface area (Å²) in [5.74, 6) is -0.174. The van der Waals surface area contributed by atoms with Gasteiger partial charge in [0, 0.05) is 18.4 Å². The Hall–Kier alpha value is -3.57. The predicted octanol–water partition coefficient (Wildman–Crippen LogP) is 2.19. The van der Waals surface area contributed by atoms with Crippen molar-refractivity contribution in [3.05, 3.63) is 53.9 Å². The van der Waals surface area contributed by atoms with Gasteiger partial charge in [0.2, 0.25) is 33.6 Å². The van der Waals surface area contributed by atoms with Gasteiger partial charge < -0.3 is 9.26 Å². The van der Waals surface area contributed by atoms with Crippen molar-refractivity contribution in [2.75, 3.05) is 12.0 Å². The zero-order valence-electron chi connectivity index (χ0n) is 17.4. The lowest BCUT2D eigenvalue weighted by Gasteiger charge is -2.18. The van der Waals surface area contributed by atoms with E-state index in [4.69, 9.17) is 9.26 Å². The molecule has 1 aliphatic rings. The molecule has 2 heterocycles. The van der Waals surface area contributed by atoms with Crippen LogP contribution in [0.2, 0.25) is 0 Å². The van der Waals surface area contributed by atoms with E-state index >= 15 is 0 Å². The van der Waals surface area contributed by atoms with Gasteiger partial charge in [-0.3, -0.25) is 9.59 Å². The highest BCUT2D eigenvalue weighted by atomic mass is 32.2. The molecule has 0 spiro atoms. The van der Waals surface area contributed by atoms with E-state index in [2.05, 4.69) is 14.9 Å². The normalized spacial score (nSPS) is 14.2. The average Bonchev–Trinajstić information content (AvgIpc) is 3.38. The number of amides is 2. The summed E-state index contributed by atoms with van der Waals surface area (Å²) in [5.41, 5.74) is 1.87. The summed E-state index contributed by atoms with van der Waals surface area (Å²) in [6, 6.07) is 11.5. The van der Waals surface area contributed by atoms with Crippen LogP contribution in [0.15, 0.2) is 51.9 Å². The average molecular weight is 456 g/mol. The Bertz CT molecular complexity index is 1290. The van der Waals surface area contributed by atoms with E-state index in [0.717, 1.165) is 16.0 Å². The first-order valence-electron chi connectivity index (χ1n) is 9.71. The van der Waals surface area contributed by atoms with Gasteiger partial charge in [-0.25, -0.2) is 18.0 Å². The lowest BCUT2D eigenvalue weighted by molar-refractivity contribution is -0.121. The van der Waals surface area contributed by atoms with Gasteiger partial charge >= 0.3 is 0 Å². The molecule has 1 aliphatic heterocycles. The quantitative estimate of drug-likeness (QED) is 0.535. The second kappa shape index (κ2) is 8.52. The molecule has 0 bridgehead atoms. The highest BCUT2D eigenvalue weighted by Gasteiger charge is 2.33. The summed E-state index contributed by atoms with van der Waals surface area (Å²) in [4.78, 5) is 29.3. The molecule has 2 aromatic carbocycles. The number of nitrogens with one attached hydrogen (secondary N) is 1. The fraction of sp³-hybridized carbons (Fsp3) is 0.238. The number of anilines is 1. The Morgan fingerprint density at radius 1 is 1.12 bits per heavy atom. The van der Waals surface area contributed by atoms with Crippen LogP contribution in [0.25, 0.3) is 11.4 Å². The summed E-state index contributed by atoms with van der Waals surface area (Å²) in [5, 5.41) is 3.89. The van der Waals surface area contributed by atoms with E-state index < -0.39 is 21.8 Å². The maximum Gasteiger partial charge on any atom is 0.242 e. The molecule has 0 aliphatic carbocycles. The molecule has 1 aromatic heterocycles. The summed E-state index contributed by atoms with van der Waals surface area (Å²) >= 11 is 0. The highest BCUT2D eigenvalue weighted by Crippen LogP contribution is 2.34. The molecule has 4 rings (SSSR count). The van der Waals surface area contributed by atoms with E-state index in [1.54, 1.807) is 0 Å². The molecule has 32 heavy (non-hydrogen) atoms. The van der Waals surface area contributed by atoms with Crippen LogP contribution in [0.1, 0.15) is 24.3 Å². The number of aromatic nitrogens is 2. The number of imide groups is 1.